The Bertz CT molecular complexity index is 443. The number of fused-ring (bicyclic) bond motifs is 2. The number of nitrogens with zero attached hydrogens (tertiary/aromatic N) is 4. The van der Waals surface area contributed by atoms with E-state index in [0.29, 0.717) is 12.1 Å². The summed E-state index contributed by atoms with van der Waals surface area (Å²) in [5.41, 5.74) is 0. The van der Waals surface area contributed by atoms with E-state index in [0.717, 1.165) is 31.0 Å². The van der Waals surface area contributed by atoms with Crippen LogP contribution in [0.1, 0.15) is 64.7 Å². The fraction of sp³-hybridized carbons (Fsp3) is 0.875. The molecule has 2 atom stereocenters. The van der Waals surface area contributed by atoms with Gasteiger partial charge in [0.2, 0.25) is 0 Å². The molecule has 2 bridgehead atoms. The van der Waals surface area contributed by atoms with E-state index >= 15 is 0 Å². The molecule has 5 nitrogen and oxygen atoms in total. The highest BCUT2D eigenvalue weighted by molar-refractivity contribution is 4.97. The number of piperidine rings is 1. The van der Waals surface area contributed by atoms with Crippen LogP contribution in [-0.2, 0) is 6.54 Å². The van der Waals surface area contributed by atoms with Gasteiger partial charge in [-0.2, -0.15) is 5.10 Å². The minimum atomic E-state index is 0.384. The fourth-order valence-corrected chi connectivity index (χ4v) is 4.00. The van der Waals surface area contributed by atoms with E-state index in [1.54, 1.807) is 6.33 Å². The van der Waals surface area contributed by atoms with Gasteiger partial charge >= 0.3 is 0 Å². The van der Waals surface area contributed by atoms with E-state index in [9.17, 15) is 0 Å². The van der Waals surface area contributed by atoms with Crippen molar-refractivity contribution < 1.29 is 0 Å². The average molecular weight is 291 g/mol. The Morgan fingerprint density at radius 3 is 2.67 bits per heavy atom. The van der Waals surface area contributed by atoms with Crippen molar-refractivity contribution in [2.45, 2.75) is 83.6 Å². The topological polar surface area (TPSA) is 46.0 Å². The Labute approximate surface area is 128 Å². The molecule has 0 radical (unpaired) electrons. The molecule has 2 saturated heterocycles. The zero-order chi connectivity index (χ0) is 14.8. The molecule has 118 valence electrons. The average Bonchev–Trinajstić information content (AvgIpc) is 3.05. The highest BCUT2D eigenvalue weighted by Gasteiger charge is 2.36. The second-order valence-electron chi connectivity index (χ2n) is 6.95. The van der Waals surface area contributed by atoms with E-state index in [1.165, 1.54) is 32.1 Å². The molecule has 0 amide bonds. The van der Waals surface area contributed by atoms with Crippen molar-refractivity contribution in [3.05, 3.63) is 12.2 Å². The predicted octanol–water partition coefficient (Wildman–Crippen LogP) is 2.35. The summed E-state index contributed by atoms with van der Waals surface area (Å²) in [5, 5.41) is 8.13. The van der Waals surface area contributed by atoms with Crippen molar-refractivity contribution in [2.75, 3.05) is 6.54 Å². The Morgan fingerprint density at radius 1 is 1.33 bits per heavy atom. The van der Waals surface area contributed by atoms with Crippen LogP contribution >= 0.6 is 0 Å². The molecule has 1 N–H and O–H groups in total. The zero-order valence-electron chi connectivity index (χ0n) is 13.6. The summed E-state index contributed by atoms with van der Waals surface area (Å²) in [4.78, 5) is 7.15. The van der Waals surface area contributed by atoms with Crippen LogP contribution in [0.5, 0.6) is 0 Å². The van der Waals surface area contributed by atoms with Crippen molar-refractivity contribution in [1.82, 2.24) is 25.0 Å². The lowest BCUT2D eigenvalue weighted by Gasteiger charge is -2.37. The summed E-state index contributed by atoms with van der Waals surface area (Å²) in [6.45, 7) is 8.72. The van der Waals surface area contributed by atoms with E-state index in [2.05, 4.69) is 45.8 Å². The molecule has 0 aromatic carbocycles. The highest BCUT2D eigenvalue weighted by atomic mass is 15.4. The molecule has 3 rings (SSSR count). The van der Waals surface area contributed by atoms with E-state index in [4.69, 9.17) is 0 Å². The summed E-state index contributed by atoms with van der Waals surface area (Å²) in [7, 11) is 0. The Balaban J connectivity index is 1.70. The quantitative estimate of drug-likeness (QED) is 0.874. The van der Waals surface area contributed by atoms with Gasteiger partial charge in [0.1, 0.15) is 12.2 Å². The number of hydrogen-bond donors (Lipinski definition) is 1. The summed E-state index contributed by atoms with van der Waals surface area (Å²) < 4.78 is 2.07. The molecule has 0 aliphatic carbocycles. The summed E-state index contributed by atoms with van der Waals surface area (Å²) in [5.74, 6) is 1.12. The van der Waals surface area contributed by atoms with Crippen molar-refractivity contribution in [3.8, 4) is 0 Å². The van der Waals surface area contributed by atoms with Gasteiger partial charge < -0.3 is 5.32 Å². The molecule has 0 saturated carbocycles. The number of rotatable bonds is 6. The highest BCUT2D eigenvalue weighted by Crippen LogP contribution is 2.30. The lowest BCUT2D eigenvalue weighted by atomic mass is 9.98. The molecule has 2 fully saturated rings. The van der Waals surface area contributed by atoms with Crippen LogP contribution in [0.2, 0.25) is 0 Å². The van der Waals surface area contributed by atoms with Crippen LogP contribution in [0.25, 0.3) is 0 Å². The van der Waals surface area contributed by atoms with E-state index in [1.807, 2.05) is 0 Å². The number of aromatic nitrogens is 3. The van der Waals surface area contributed by atoms with Crippen molar-refractivity contribution in [3.63, 3.8) is 0 Å². The largest absolute Gasteiger partial charge is 0.311 e. The molecule has 2 aliphatic heterocycles. The summed E-state index contributed by atoms with van der Waals surface area (Å²) in [6.07, 6.45) is 8.23. The smallest absolute Gasteiger partial charge is 0.141 e. The molecule has 2 aliphatic rings. The zero-order valence-corrected chi connectivity index (χ0v) is 13.6. The summed E-state index contributed by atoms with van der Waals surface area (Å²) >= 11 is 0. The molecule has 0 spiro atoms. The van der Waals surface area contributed by atoms with Crippen LogP contribution < -0.4 is 5.32 Å². The van der Waals surface area contributed by atoms with Crippen molar-refractivity contribution in [1.29, 1.82) is 0 Å². The lowest BCUT2D eigenvalue weighted by molar-refractivity contribution is 0.128. The standard InChI is InChI=1S/C16H29N5/c1-4-7-20(10-16-17-11-18-21(16)12(2)3)15-8-13-5-6-14(9-15)19-13/h11-15,19H,4-10H2,1-3H3. The molecule has 21 heavy (non-hydrogen) atoms. The molecular formula is C16H29N5. The monoisotopic (exact) mass is 291 g/mol. The SMILES string of the molecule is CCCN(Cc1ncnn1C(C)C)C1CC2CCC(C1)N2. The van der Waals surface area contributed by atoms with Gasteiger partial charge in [0.25, 0.3) is 0 Å². The first-order chi connectivity index (χ1) is 10.2. The van der Waals surface area contributed by atoms with Gasteiger partial charge in [-0.05, 0) is 52.5 Å². The van der Waals surface area contributed by atoms with Gasteiger partial charge in [0.15, 0.2) is 0 Å². The molecular weight excluding hydrogens is 262 g/mol. The molecule has 1 aromatic rings. The lowest BCUT2D eigenvalue weighted by Crippen LogP contribution is -2.48. The third kappa shape index (κ3) is 3.29. The Morgan fingerprint density at radius 2 is 2.05 bits per heavy atom. The maximum absolute atomic E-state index is 4.50. The van der Waals surface area contributed by atoms with Crippen LogP contribution in [0.3, 0.4) is 0 Å². The molecule has 1 aromatic heterocycles. The molecule has 5 heteroatoms. The minimum Gasteiger partial charge on any atom is -0.311 e. The minimum absolute atomic E-state index is 0.384. The van der Waals surface area contributed by atoms with Gasteiger partial charge in [-0.25, -0.2) is 9.67 Å². The van der Waals surface area contributed by atoms with Gasteiger partial charge in [-0.1, -0.05) is 6.92 Å². The third-order valence-electron chi connectivity index (χ3n) is 4.96. The van der Waals surface area contributed by atoms with Crippen LogP contribution in [0.4, 0.5) is 0 Å². The Kier molecular flexibility index (Phi) is 4.60. The van der Waals surface area contributed by atoms with Gasteiger partial charge in [0.05, 0.1) is 6.54 Å². The fourth-order valence-electron chi connectivity index (χ4n) is 4.00. The summed E-state index contributed by atoms with van der Waals surface area (Å²) in [6, 6.07) is 2.59. The van der Waals surface area contributed by atoms with E-state index < -0.39 is 0 Å². The van der Waals surface area contributed by atoms with Gasteiger partial charge in [-0.15, -0.1) is 0 Å². The third-order valence-corrected chi connectivity index (χ3v) is 4.96. The van der Waals surface area contributed by atoms with Crippen molar-refractivity contribution in [2.24, 2.45) is 0 Å². The molecule has 3 heterocycles. The van der Waals surface area contributed by atoms with Crippen LogP contribution in [0, 0.1) is 0 Å². The molecule has 2 unspecified atom stereocenters. The number of nitrogens with one attached hydrogen (secondary N) is 1. The van der Waals surface area contributed by atoms with Crippen molar-refractivity contribution >= 4 is 0 Å². The van der Waals surface area contributed by atoms with Gasteiger partial charge in [0, 0.05) is 24.2 Å². The first-order valence-electron chi connectivity index (χ1n) is 8.55. The predicted molar refractivity (Wildman–Crippen MR) is 84.1 cm³/mol. The maximum Gasteiger partial charge on any atom is 0.141 e. The number of hydrogen-bond acceptors (Lipinski definition) is 4. The second kappa shape index (κ2) is 6.44. The first kappa shape index (κ1) is 15.0. The normalized spacial score (nSPS) is 28.7. The maximum atomic E-state index is 4.50. The van der Waals surface area contributed by atoms with Gasteiger partial charge in [-0.3, -0.25) is 4.90 Å². The Hall–Kier alpha value is -0.940. The first-order valence-corrected chi connectivity index (χ1v) is 8.55. The second-order valence-corrected chi connectivity index (χ2v) is 6.95. The van der Waals surface area contributed by atoms with Crippen LogP contribution in [0.15, 0.2) is 6.33 Å². The van der Waals surface area contributed by atoms with E-state index in [-0.39, 0.29) is 0 Å². The van der Waals surface area contributed by atoms with Crippen LogP contribution in [-0.4, -0.2) is 44.3 Å².